The van der Waals surface area contributed by atoms with Gasteiger partial charge in [-0.05, 0) is 5.56 Å². The second-order valence-corrected chi connectivity index (χ2v) is 6.92. The highest BCUT2D eigenvalue weighted by Crippen LogP contribution is 2.24. The molecular weight excluding hydrogens is 290 g/mol. The summed E-state index contributed by atoms with van der Waals surface area (Å²) in [6.45, 7) is 1.25. The first-order valence-electron chi connectivity index (χ1n) is 6.69. The molecule has 0 spiro atoms. The maximum atomic E-state index is 11.2. The van der Waals surface area contributed by atoms with Crippen LogP contribution < -0.4 is 4.72 Å². The number of hydrogen-bond acceptors (Lipinski definition) is 4. The first-order valence-corrected chi connectivity index (χ1v) is 8.58. The molecule has 2 heterocycles. The number of hydrogen-bond donors (Lipinski definition) is 1. The highest BCUT2D eigenvalue weighted by atomic mass is 32.2. The summed E-state index contributed by atoms with van der Waals surface area (Å²) in [5, 5.41) is 0. The molecule has 7 heteroatoms. The Morgan fingerprint density at radius 3 is 2.86 bits per heavy atom. The fourth-order valence-electron chi connectivity index (χ4n) is 2.39. The first kappa shape index (κ1) is 14.2. The lowest BCUT2D eigenvalue weighted by molar-refractivity contribution is 0.00637. The van der Waals surface area contributed by atoms with Gasteiger partial charge in [0.15, 0.2) is 0 Å². The van der Waals surface area contributed by atoms with Gasteiger partial charge in [-0.3, -0.25) is 0 Å². The highest BCUT2D eigenvalue weighted by molar-refractivity contribution is 7.88. The standard InChI is InChI=1S/C14H17N3O3S/c1-21(18,19)16-7-12-9-17-13(8-15-14(17)10-20-12)11-5-3-2-4-6-11/h2-6,8,12,16H,7,9-10H2,1H3/t12-/m0/s1. The number of fused-ring (bicyclic) bond motifs is 1. The number of nitrogens with zero attached hydrogens (tertiary/aromatic N) is 2. The van der Waals surface area contributed by atoms with Crippen LogP contribution in [-0.4, -0.2) is 36.9 Å². The zero-order valence-electron chi connectivity index (χ0n) is 11.7. The molecule has 0 aliphatic carbocycles. The molecule has 0 amide bonds. The van der Waals surface area contributed by atoms with Crippen LogP contribution in [0.25, 0.3) is 11.3 Å². The van der Waals surface area contributed by atoms with E-state index in [1.807, 2.05) is 36.5 Å². The van der Waals surface area contributed by atoms with E-state index in [0.29, 0.717) is 13.2 Å². The molecule has 1 aromatic carbocycles. The fraction of sp³-hybridized carbons (Fsp3) is 0.357. The average Bonchev–Trinajstić information content (AvgIpc) is 2.88. The van der Waals surface area contributed by atoms with E-state index in [0.717, 1.165) is 23.3 Å². The summed E-state index contributed by atoms with van der Waals surface area (Å²) in [5.41, 5.74) is 2.12. The van der Waals surface area contributed by atoms with Crippen LogP contribution in [-0.2, 0) is 27.9 Å². The SMILES string of the molecule is CS(=O)(=O)NC[C@H]1Cn2c(-c3ccccc3)cnc2CO1. The number of nitrogens with one attached hydrogen (secondary N) is 1. The zero-order chi connectivity index (χ0) is 14.9. The highest BCUT2D eigenvalue weighted by Gasteiger charge is 2.23. The van der Waals surface area contributed by atoms with Crippen LogP contribution >= 0.6 is 0 Å². The van der Waals surface area contributed by atoms with Crippen LogP contribution in [0, 0.1) is 0 Å². The number of imidazole rings is 1. The van der Waals surface area contributed by atoms with E-state index in [1.54, 1.807) is 0 Å². The molecule has 0 bridgehead atoms. The molecule has 0 saturated carbocycles. The number of sulfonamides is 1. The third kappa shape index (κ3) is 3.31. The van der Waals surface area contributed by atoms with E-state index >= 15 is 0 Å². The van der Waals surface area contributed by atoms with Gasteiger partial charge in [0.2, 0.25) is 10.0 Å². The first-order chi connectivity index (χ1) is 10.0. The predicted octanol–water partition coefficient (Wildman–Crippen LogP) is 0.998. The lowest BCUT2D eigenvalue weighted by Gasteiger charge is -2.25. The lowest BCUT2D eigenvalue weighted by atomic mass is 10.1. The average molecular weight is 307 g/mol. The van der Waals surface area contributed by atoms with E-state index in [4.69, 9.17) is 4.74 Å². The van der Waals surface area contributed by atoms with Gasteiger partial charge >= 0.3 is 0 Å². The summed E-state index contributed by atoms with van der Waals surface area (Å²) in [4.78, 5) is 4.38. The van der Waals surface area contributed by atoms with E-state index in [1.165, 1.54) is 0 Å². The Hall–Kier alpha value is -1.70. The second kappa shape index (κ2) is 5.59. The predicted molar refractivity (Wildman–Crippen MR) is 79.1 cm³/mol. The molecule has 21 heavy (non-hydrogen) atoms. The van der Waals surface area contributed by atoms with Gasteiger partial charge in [0.1, 0.15) is 12.4 Å². The normalized spacial score (nSPS) is 18.4. The molecule has 0 fully saturated rings. The Morgan fingerprint density at radius 1 is 1.38 bits per heavy atom. The Morgan fingerprint density at radius 2 is 2.14 bits per heavy atom. The Bertz CT molecular complexity index is 725. The monoisotopic (exact) mass is 307 g/mol. The minimum Gasteiger partial charge on any atom is -0.367 e. The number of ether oxygens (including phenoxy) is 1. The molecule has 1 aliphatic heterocycles. The number of rotatable bonds is 4. The molecule has 1 atom stereocenters. The van der Waals surface area contributed by atoms with Crippen molar-refractivity contribution in [1.82, 2.24) is 14.3 Å². The van der Waals surface area contributed by atoms with Crippen LogP contribution in [0.5, 0.6) is 0 Å². The van der Waals surface area contributed by atoms with Crippen molar-refractivity contribution in [2.24, 2.45) is 0 Å². The van der Waals surface area contributed by atoms with Gasteiger partial charge in [-0.15, -0.1) is 0 Å². The molecule has 0 unspecified atom stereocenters. The van der Waals surface area contributed by atoms with Gasteiger partial charge in [0, 0.05) is 6.54 Å². The van der Waals surface area contributed by atoms with E-state index in [2.05, 4.69) is 14.3 Å². The molecule has 6 nitrogen and oxygen atoms in total. The third-order valence-electron chi connectivity index (χ3n) is 3.42. The van der Waals surface area contributed by atoms with Gasteiger partial charge in [-0.2, -0.15) is 0 Å². The summed E-state index contributed by atoms with van der Waals surface area (Å²) < 4.78 is 32.6. The zero-order valence-corrected chi connectivity index (χ0v) is 12.5. The molecule has 1 N–H and O–H groups in total. The van der Waals surface area contributed by atoms with E-state index in [-0.39, 0.29) is 12.6 Å². The Balaban J connectivity index is 1.80. The van der Waals surface area contributed by atoms with Crippen LogP contribution in [0.2, 0.25) is 0 Å². The lowest BCUT2D eigenvalue weighted by Crippen LogP contribution is -2.38. The fourth-order valence-corrected chi connectivity index (χ4v) is 2.88. The van der Waals surface area contributed by atoms with Gasteiger partial charge < -0.3 is 9.30 Å². The van der Waals surface area contributed by atoms with E-state index in [9.17, 15) is 8.42 Å². The number of aromatic nitrogens is 2. The summed E-state index contributed by atoms with van der Waals surface area (Å²) in [5.74, 6) is 0.865. The third-order valence-corrected chi connectivity index (χ3v) is 4.11. The molecule has 0 radical (unpaired) electrons. The topological polar surface area (TPSA) is 73.2 Å². The van der Waals surface area contributed by atoms with Crippen molar-refractivity contribution in [3.8, 4) is 11.3 Å². The van der Waals surface area contributed by atoms with Gasteiger partial charge in [-0.25, -0.2) is 18.1 Å². The van der Waals surface area contributed by atoms with Crippen LogP contribution in [0.4, 0.5) is 0 Å². The quantitative estimate of drug-likeness (QED) is 0.914. The van der Waals surface area contributed by atoms with Crippen molar-refractivity contribution in [1.29, 1.82) is 0 Å². The summed E-state index contributed by atoms with van der Waals surface area (Å²) in [6.07, 6.45) is 2.79. The smallest absolute Gasteiger partial charge is 0.208 e. The van der Waals surface area contributed by atoms with Crippen molar-refractivity contribution < 1.29 is 13.2 Å². The summed E-state index contributed by atoms with van der Waals surface area (Å²) >= 11 is 0. The number of benzene rings is 1. The molecule has 112 valence electrons. The van der Waals surface area contributed by atoms with Gasteiger partial charge in [-0.1, -0.05) is 30.3 Å². The van der Waals surface area contributed by atoms with Crippen LogP contribution in [0.3, 0.4) is 0 Å². The molecule has 3 rings (SSSR count). The largest absolute Gasteiger partial charge is 0.367 e. The minimum absolute atomic E-state index is 0.191. The molecular formula is C14H17N3O3S. The summed E-state index contributed by atoms with van der Waals surface area (Å²) in [6, 6.07) is 10.0. The van der Waals surface area contributed by atoms with Crippen molar-refractivity contribution in [2.75, 3.05) is 12.8 Å². The molecule has 1 aromatic heterocycles. The Kier molecular flexibility index (Phi) is 3.79. The van der Waals surface area contributed by atoms with Crippen LogP contribution in [0.1, 0.15) is 5.82 Å². The van der Waals surface area contributed by atoms with Crippen molar-refractivity contribution in [3.63, 3.8) is 0 Å². The minimum atomic E-state index is -3.20. The molecule has 0 saturated heterocycles. The van der Waals surface area contributed by atoms with E-state index < -0.39 is 10.0 Å². The summed E-state index contributed by atoms with van der Waals surface area (Å²) in [7, 11) is -3.20. The Labute approximate surface area is 123 Å². The maximum absolute atomic E-state index is 11.2. The van der Waals surface area contributed by atoms with Crippen molar-refractivity contribution in [3.05, 3.63) is 42.4 Å². The van der Waals surface area contributed by atoms with Gasteiger partial charge in [0.05, 0.1) is 30.8 Å². The van der Waals surface area contributed by atoms with Crippen LogP contribution in [0.15, 0.2) is 36.5 Å². The van der Waals surface area contributed by atoms with Crippen molar-refractivity contribution in [2.45, 2.75) is 19.3 Å². The van der Waals surface area contributed by atoms with Gasteiger partial charge in [0.25, 0.3) is 0 Å². The molecule has 2 aromatic rings. The second-order valence-electron chi connectivity index (χ2n) is 5.09. The maximum Gasteiger partial charge on any atom is 0.208 e. The van der Waals surface area contributed by atoms with Crippen molar-refractivity contribution >= 4 is 10.0 Å². The molecule has 1 aliphatic rings.